The van der Waals surface area contributed by atoms with Crippen molar-refractivity contribution in [1.29, 1.82) is 0 Å². The quantitative estimate of drug-likeness (QED) is 0.704. The van der Waals surface area contributed by atoms with Gasteiger partial charge in [0.2, 0.25) is 11.2 Å². The smallest absolute Gasteiger partial charge is 0.231 e. The van der Waals surface area contributed by atoms with Crippen molar-refractivity contribution in [3.8, 4) is 0 Å². The molecule has 25 heavy (non-hydrogen) atoms. The van der Waals surface area contributed by atoms with Gasteiger partial charge in [0.05, 0.1) is 0 Å². The molecule has 0 saturated heterocycles. The van der Waals surface area contributed by atoms with E-state index in [1.54, 1.807) is 0 Å². The second-order valence-electron chi connectivity index (χ2n) is 6.24. The average Bonchev–Trinajstić information content (AvgIpc) is 2.89. The molecule has 1 aromatic heterocycles. The number of nitrogens with one attached hydrogen (secondary N) is 1. The van der Waals surface area contributed by atoms with Crippen molar-refractivity contribution in [3.63, 3.8) is 0 Å². The van der Waals surface area contributed by atoms with Gasteiger partial charge in [-0.05, 0) is 36.6 Å². The summed E-state index contributed by atoms with van der Waals surface area (Å²) in [6.45, 7) is 0. The molecule has 1 saturated carbocycles. The standard InChI is InChI=1S/C20H23ClN4/c21-19-23-18(16-12-8-6-7-9-13-16)24-20(25-19)22-17-14-10-4-2-1-3-5-11-15-17/h1-5,10-11,14-16H,6-9,12-13H2,(H,22,23,24,25). The van der Waals surface area contributed by atoms with Crippen molar-refractivity contribution in [2.24, 2.45) is 0 Å². The van der Waals surface area contributed by atoms with Crippen LogP contribution in [0.3, 0.4) is 0 Å². The van der Waals surface area contributed by atoms with E-state index in [0.717, 1.165) is 24.4 Å². The predicted molar refractivity (Wildman–Crippen MR) is 103 cm³/mol. The fourth-order valence-electron chi connectivity index (χ4n) is 3.05. The van der Waals surface area contributed by atoms with Gasteiger partial charge in [0.25, 0.3) is 0 Å². The molecule has 0 aliphatic heterocycles. The van der Waals surface area contributed by atoms with Crippen molar-refractivity contribution in [3.05, 3.63) is 65.7 Å². The zero-order valence-corrected chi connectivity index (χ0v) is 15.0. The molecule has 0 bridgehead atoms. The Morgan fingerprint density at radius 1 is 0.760 bits per heavy atom. The Balaban J connectivity index is 1.85. The van der Waals surface area contributed by atoms with Gasteiger partial charge < -0.3 is 5.32 Å². The summed E-state index contributed by atoms with van der Waals surface area (Å²) in [5.74, 6) is 1.69. The first kappa shape index (κ1) is 17.6. The van der Waals surface area contributed by atoms with E-state index in [4.69, 9.17) is 11.6 Å². The van der Waals surface area contributed by atoms with Crippen LogP contribution >= 0.6 is 11.6 Å². The van der Waals surface area contributed by atoms with Crippen LogP contribution in [0.15, 0.2) is 54.6 Å². The van der Waals surface area contributed by atoms with Crippen LogP contribution in [0.2, 0.25) is 5.28 Å². The van der Waals surface area contributed by atoms with Gasteiger partial charge in [-0.15, -0.1) is 0 Å². The van der Waals surface area contributed by atoms with Gasteiger partial charge in [0.15, 0.2) is 0 Å². The lowest BCUT2D eigenvalue weighted by molar-refractivity contribution is 0.558. The van der Waals surface area contributed by atoms with Gasteiger partial charge in [-0.25, -0.2) is 4.98 Å². The van der Waals surface area contributed by atoms with E-state index < -0.39 is 0 Å². The monoisotopic (exact) mass is 354 g/mol. The zero-order chi connectivity index (χ0) is 17.3. The largest absolute Gasteiger partial charge is 0.324 e. The molecule has 0 amide bonds. The Kier molecular flexibility index (Phi) is 6.57. The number of hydrogen-bond acceptors (Lipinski definition) is 4. The third kappa shape index (κ3) is 5.68. The Morgan fingerprint density at radius 2 is 1.36 bits per heavy atom. The lowest BCUT2D eigenvalue weighted by Crippen LogP contribution is -2.08. The van der Waals surface area contributed by atoms with E-state index in [-0.39, 0.29) is 5.28 Å². The van der Waals surface area contributed by atoms with Gasteiger partial charge in [-0.1, -0.05) is 68.1 Å². The minimum Gasteiger partial charge on any atom is -0.324 e. The lowest BCUT2D eigenvalue weighted by atomic mass is 10.00. The summed E-state index contributed by atoms with van der Waals surface area (Å²) in [5, 5.41) is 3.50. The first-order valence-electron chi connectivity index (χ1n) is 8.88. The third-order valence-electron chi connectivity index (χ3n) is 4.32. The van der Waals surface area contributed by atoms with E-state index in [2.05, 4.69) is 20.3 Å². The molecule has 3 rings (SSSR count). The predicted octanol–water partition coefficient (Wildman–Crippen LogP) is 5.83. The Bertz CT molecular complexity index is 716. The number of rotatable bonds is 3. The molecule has 0 spiro atoms. The van der Waals surface area contributed by atoms with E-state index in [1.165, 1.54) is 25.7 Å². The van der Waals surface area contributed by atoms with Crippen molar-refractivity contribution < 1.29 is 0 Å². The summed E-state index contributed by atoms with van der Waals surface area (Å²) in [7, 11) is 0. The summed E-state index contributed by atoms with van der Waals surface area (Å²) in [6.07, 6.45) is 7.31. The van der Waals surface area contributed by atoms with Crippen LogP contribution in [0.25, 0.3) is 0 Å². The van der Waals surface area contributed by atoms with E-state index in [9.17, 15) is 0 Å². The fraction of sp³-hybridized carbons (Fsp3) is 0.350. The summed E-state index contributed by atoms with van der Waals surface area (Å²) in [6, 6.07) is 17.8. The van der Waals surface area contributed by atoms with Crippen LogP contribution in [0.1, 0.15) is 50.3 Å². The van der Waals surface area contributed by atoms with Gasteiger partial charge in [-0.3, -0.25) is 0 Å². The van der Waals surface area contributed by atoms with Crippen LogP contribution in [-0.2, 0) is 0 Å². The molecule has 0 unspecified atom stereocenters. The molecule has 1 aliphatic carbocycles. The maximum Gasteiger partial charge on any atom is 0.231 e. The van der Waals surface area contributed by atoms with Gasteiger partial charge in [0, 0.05) is 11.6 Å². The second kappa shape index (κ2) is 9.33. The molecule has 1 heterocycles. The third-order valence-corrected chi connectivity index (χ3v) is 4.49. The molecule has 130 valence electrons. The average molecular weight is 355 g/mol. The Labute approximate surface area is 154 Å². The highest BCUT2D eigenvalue weighted by Crippen LogP contribution is 2.30. The first-order chi connectivity index (χ1) is 12.3. The SMILES string of the molecule is Clc1nc(Nc2ccccccccc2)nc(C2CCCCCC2)n1. The molecule has 4 nitrogen and oxygen atoms in total. The summed E-state index contributed by atoms with van der Waals surface area (Å²) >= 11 is 6.16. The Hall–Kier alpha value is -2.20. The number of anilines is 2. The maximum absolute atomic E-state index is 6.16. The van der Waals surface area contributed by atoms with Gasteiger partial charge >= 0.3 is 0 Å². The highest BCUT2D eigenvalue weighted by molar-refractivity contribution is 6.28. The second-order valence-corrected chi connectivity index (χ2v) is 6.57. The Morgan fingerprint density at radius 3 is 2.00 bits per heavy atom. The molecule has 1 aliphatic rings. The minimum atomic E-state index is 0.250. The molecule has 1 aromatic carbocycles. The molecular weight excluding hydrogens is 332 g/mol. The van der Waals surface area contributed by atoms with Crippen LogP contribution in [0.4, 0.5) is 11.6 Å². The number of hydrogen-bond donors (Lipinski definition) is 1. The lowest BCUT2D eigenvalue weighted by Gasteiger charge is -2.13. The van der Waals surface area contributed by atoms with Crippen LogP contribution < -0.4 is 5.32 Å². The van der Waals surface area contributed by atoms with Crippen molar-refractivity contribution in [2.45, 2.75) is 44.4 Å². The number of aromatic nitrogens is 3. The molecule has 1 N–H and O–H groups in total. The van der Waals surface area contributed by atoms with E-state index in [0.29, 0.717) is 11.9 Å². The van der Waals surface area contributed by atoms with Crippen LogP contribution in [0, 0.1) is 0 Å². The fourth-order valence-corrected chi connectivity index (χ4v) is 3.22. The summed E-state index contributed by atoms with van der Waals surface area (Å²) < 4.78 is 0. The van der Waals surface area contributed by atoms with Gasteiger partial charge in [-0.2, -0.15) is 9.97 Å². The maximum atomic E-state index is 6.16. The normalized spacial score (nSPS) is 15.1. The molecule has 1 fully saturated rings. The molecule has 2 aromatic rings. The molecule has 0 atom stereocenters. The van der Waals surface area contributed by atoms with E-state index >= 15 is 0 Å². The topological polar surface area (TPSA) is 50.7 Å². The van der Waals surface area contributed by atoms with Crippen LogP contribution in [0.5, 0.6) is 0 Å². The molecule has 0 radical (unpaired) electrons. The summed E-state index contributed by atoms with van der Waals surface area (Å²) in [4.78, 5) is 13.3. The summed E-state index contributed by atoms with van der Waals surface area (Å²) in [5.41, 5.74) is 0.894. The molecule has 5 heteroatoms. The number of nitrogens with zero attached hydrogens (tertiary/aromatic N) is 3. The van der Waals surface area contributed by atoms with Crippen LogP contribution in [-0.4, -0.2) is 15.0 Å². The number of halogens is 1. The van der Waals surface area contributed by atoms with E-state index in [1.807, 2.05) is 54.6 Å². The van der Waals surface area contributed by atoms with Crippen molar-refractivity contribution >= 4 is 23.2 Å². The van der Waals surface area contributed by atoms with Gasteiger partial charge in [0.1, 0.15) is 5.82 Å². The highest BCUT2D eigenvalue weighted by Gasteiger charge is 2.18. The minimum absolute atomic E-state index is 0.250. The highest BCUT2D eigenvalue weighted by atomic mass is 35.5. The van der Waals surface area contributed by atoms with Crippen molar-refractivity contribution in [2.75, 3.05) is 5.32 Å². The zero-order valence-electron chi connectivity index (χ0n) is 14.2. The van der Waals surface area contributed by atoms with Crippen molar-refractivity contribution in [1.82, 2.24) is 15.0 Å². The first-order valence-corrected chi connectivity index (χ1v) is 9.26. The molecular formula is C20H23ClN4.